The van der Waals surface area contributed by atoms with Crippen LogP contribution in [0.25, 0.3) is 0 Å². The van der Waals surface area contributed by atoms with Crippen LogP contribution in [0, 0.1) is 5.92 Å². The van der Waals surface area contributed by atoms with E-state index in [2.05, 4.69) is 0 Å². The van der Waals surface area contributed by atoms with E-state index in [9.17, 15) is 4.79 Å². The number of fused-ring (bicyclic) bond motifs is 1. The molecule has 0 bridgehead atoms. The Kier molecular flexibility index (Phi) is 4.10. The third-order valence-corrected chi connectivity index (χ3v) is 3.39. The largest absolute Gasteiger partial charge is 0.489 e. The summed E-state index contributed by atoms with van der Waals surface area (Å²) in [7, 11) is 1.58. The molecule has 4 heteroatoms. The molecule has 0 N–H and O–H groups in total. The fourth-order valence-corrected chi connectivity index (χ4v) is 2.43. The third-order valence-electron chi connectivity index (χ3n) is 3.39. The Labute approximate surface area is 114 Å². The topological polar surface area (TPSA) is 38.8 Å². The first-order chi connectivity index (χ1) is 9.06. The lowest BCUT2D eigenvalue weighted by molar-refractivity contribution is -0.131. The molecular formula is C15H21NO3. The highest BCUT2D eigenvalue weighted by Crippen LogP contribution is 2.34. The van der Waals surface area contributed by atoms with Crippen molar-refractivity contribution < 1.29 is 14.3 Å². The minimum atomic E-state index is -0.423. The summed E-state index contributed by atoms with van der Waals surface area (Å²) in [6, 6.07) is 7.64. The minimum Gasteiger partial charge on any atom is -0.489 e. The van der Waals surface area contributed by atoms with Crippen LogP contribution in [-0.4, -0.2) is 31.8 Å². The smallest absolute Gasteiger partial charge is 0.256 e. The fraction of sp³-hybridized carbons (Fsp3) is 0.533. The SMILES string of the molecule is COC(C(=O)N1c2ccccc2OCC1C)C(C)C. The average molecular weight is 263 g/mol. The lowest BCUT2D eigenvalue weighted by atomic mass is 10.0. The van der Waals surface area contributed by atoms with Crippen LogP contribution in [0.1, 0.15) is 20.8 Å². The zero-order valence-electron chi connectivity index (χ0n) is 11.9. The Hall–Kier alpha value is -1.55. The molecule has 19 heavy (non-hydrogen) atoms. The summed E-state index contributed by atoms with van der Waals surface area (Å²) < 4.78 is 11.0. The molecule has 1 amide bonds. The Morgan fingerprint density at radius 1 is 1.42 bits per heavy atom. The molecule has 104 valence electrons. The second-order valence-electron chi connectivity index (χ2n) is 5.24. The quantitative estimate of drug-likeness (QED) is 0.841. The molecule has 1 aromatic rings. The van der Waals surface area contributed by atoms with Crippen molar-refractivity contribution in [2.75, 3.05) is 18.6 Å². The first kappa shape index (κ1) is 13.9. The van der Waals surface area contributed by atoms with Gasteiger partial charge in [0.25, 0.3) is 5.91 Å². The van der Waals surface area contributed by atoms with Gasteiger partial charge < -0.3 is 14.4 Å². The molecule has 1 heterocycles. The number of amides is 1. The highest BCUT2D eigenvalue weighted by atomic mass is 16.5. The Morgan fingerprint density at radius 2 is 2.11 bits per heavy atom. The van der Waals surface area contributed by atoms with Crippen molar-refractivity contribution in [1.29, 1.82) is 0 Å². The summed E-state index contributed by atoms with van der Waals surface area (Å²) >= 11 is 0. The number of methoxy groups -OCH3 is 1. The van der Waals surface area contributed by atoms with E-state index in [1.807, 2.05) is 45.0 Å². The molecule has 0 fully saturated rings. The highest BCUT2D eigenvalue weighted by molar-refractivity contribution is 5.99. The fourth-order valence-electron chi connectivity index (χ4n) is 2.43. The van der Waals surface area contributed by atoms with Crippen LogP contribution in [0.4, 0.5) is 5.69 Å². The average Bonchev–Trinajstić information content (AvgIpc) is 2.38. The second kappa shape index (κ2) is 5.61. The molecule has 2 atom stereocenters. The predicted molar refractivity (Wildman–Crippen MR) is 74.5 cm³/mol. The van der Waals surface area contributed by atoms with Gasteiger partial charge in [0.15, 0.2) is 0 Å². The van der Waals surface area contributed by atoms with E-state index in [4.69, 9.17) is 9.47 Å². The number of carbonyl (C=O) groups is 1. The van der Waals surface area contributed by atoms with Crippen molar-refractivity contribution in [1.82, 2.24) is 0 Å². The van der Waals surface area contributed by atoms with Gasteiger partial charge in [-0.05, 0) is 25.0 Å². The van der Waals surface area contributed by atoms with E-state index in [-0.39, 0.29) is 17.9 Å². The van der Waals surface area contributed by atoms with Gasteiger partial charge >= 0.3 is 0 Å². The van der Waals surface area contributed by atoms with Crippen LogP contribution < -0.4 is 9.64 Å². The first-order valence-electron chi connectivity index (χ1n) is 6.64. The zero-order chi connectivity index (χ0) is 14.0. The first-order valence-corrected chi connectivity index (χ1v) is 6.64. The maximum absolute atomic E-state index is 12.7. The van der Waals surface area contributed by atoms with Crippen molar-refractivity contribution >= 4 is 11.6 Å². The van der Waals surface area contributed by atoms with Crippen LogP contribution in [-0.2, 0) is 9.53 Å². The second-order valence-corrected chi connectivity index (χ2v) is 5.24. The van der Waals surface area contributed by atoms with Gasteiger partial charge in [-0.3, -0.25) is 4.79 Å². The standard InChI is InChI=1S/C15H21NO3/c1-10(2)14(18-4)15(17)16-11(3)9-19-13-8-6-5-7-12(13)16/h5-8,10-11,14H,9H2,1-4H3. The molecule has 1 aliphatic heterocycles. The number of hydrogen-bond acceptors (Lipinski definition) is 3. The molecule has 1 aromatic carbocycles. The normalized spacial score (nSPS) is 19.8. The van der Waals surface area contributed by atoms with E-state index >= 15 is 0 Å². The number of rotatable bonds is 3. The van der Waals surface area contributed by atoms with Gasteiger partial charge in [-0.1, -0.05) is 26.0 Å². The number of benzene rings is 1. The minimum absolute atomic E-state index is 0.000694. The monoisotopic (exact) mass is 263 g/mol. The molecule has 0 saturated carbocycles. The number of ether oxygens (including phenoxy) is 2. The molecule has 1 aliphatic rings. The van der Waals surface area contributed by atoms with E-state index in [1.54, 1.807) is 12.0 Å². The maximum atomic E-state index is 12.7. The van der Waals surface area contributed by atoms with Gasteiger partial charge in [-0.15, -0.1) is 0 Å². The maximum Gasteiger partial charge on any atom is 0.256 e. The van der Waals surface area contributed by atoms with Gasteiger partial charge in [0.1, 0.15) is 18.5 Å². The number of hydrogen-bond donors (Lipinski definition) is 0. The number of para-hydroxylation sites is 2. The lowest BCUT2D eigenvalue weighted by Crippen LogP contribution is -2.51. The van der Waals surface area contributed by atoms with Gasteiger partial charge in [0, 0.05) is 7.11 Å². The predicted octanol–water partition coefficient (Wildman–Crippen LogP) is 2.47. The summed E-state index contributed by atoms with van der Waals surface area (Å²) in [5, 5.41) is 0. The Bertz CT molecular complexity index is 458. The molecule has 0 radical (unpaired) electrons. The Morgan fingerprint density at radius 3 is 2.74 bits per heavy atom. The number of carbonyl (C=O) groups excluding carboxylic acids is 1. The molecule has 4 nitrogen and oxygen atoms in total. The van der Waals surface area contributed by atoms with E-state index < -0.39 is 6.10 Å². The van der Waals surface area contributed by atoms with Gasteiger partial charge in [-0.25, -0.2) is 0 Å². The van der Waals surface area contributed by atoms with Crippen LogP contribution in [0.5, 0.6) is 5.75 Å². The van der Waals surface area contributed by atoms with E-state index in [0.717, 1.165) is 11.4 Å². The van der Waals surface area contributed by atoms with Crippen molar-refractivity contribution in [3.05, 3.63) is 24.3 Å². The molecular weight excluding hydrogens is 242 g/mol. The summed E-state index contributed by atoms with van der Waals surface area (Å²) in [5.41, 5.74) is 0.828. The van der Waals surface area contributed by atoms with Crippen molar-refractivity contribution in [3.63, 3.8) is 0 Å². The number of anilines is 1. The Balaban J connectivity index is 2.35. The summed E-state index contributed by atoms with van der Waals surface area (Å²) in [6.07, 6.45) is -0.423. The van der Waals surface area contributed by atoms with Crippen molar-refractivity contribution in [2.24, 2.45) is 5.92 Å². The van der Waals surface area contributed by atoms with E-state index in [1.165, 1.54) is 0 Å². The van der Waals surface area contributed by atoms with Gasteiger partial charge in [-0.2, -0.15) is 0 Å². The molecule has 0 aromatic heterocycles. The van der Waals surface area contributed by atoms with Crippen LogP contribution >= 0.6 is 0 Å². The lowest BCUT2D eigenvalue weighted by Gasteiger charge is -2.37. The van der Waals surface area contributed by atoms with Crippen LogP contribution in [0.15, 0.2) is 24.3 Å². The molecule has 0 spiro atoms. The van der Waals surface area contributed by atoms with Crippen molar-refractivity contribution in [3.8, 4) is 5.75 Å². The van der Waals surface area contributed by atoms with Crippen LogP contribution in [0.3, 0.4) is 0 Å². The summed E-state index contributed by atoms with van der Waals surface area (Å²) in [5.74, 6) is 0.896. The van der Waals surface area contributed by atoms with Gasteiger partial charge in [0.05, 0.1) is 11.7 Å². The third kappa shape index (κ3) is 2.59. The van der Waals surface area contributed by atoms with E-state index in [0.29, 0.717) is 6.61 Å². The zero-order valence-corrected chi connectivity index (χ0v) is 11.9. The molecule has 0 aliphatic carbocycles. The summed E-state index contributed by atoms with van der Waals surface area (Å²) in [6.45, 7) is 6.48. The molecule has 2 rings (SSSR count). The molecule has 2 unspecified atom stereocenters. The molecule has 0 saturated heterocycles. The van der Waals surface area contributed by atoms with Gasteiger partial charge in [0.2, 0.25) is 0 Å². The number of nitrogens with zero attached hydrogens (tertiary/aromatic N) is 1. The van der Waals surface area contributed by atoms with Crippen molar-refractivity contribution in [2.45, 2.75) is 32.9 Å². The van der Waals surface area contributed by atoms with Crippen LogP contribution in [0.2, 0.25) is 0 Å². The summed E-state index contributed by atoms with van der Waals surface area (Å²) in [4.78, 5) is 14.5. The highest BCUT2D eigenvalue weighted by Gasteiger charge is 2.34.